The van der Waals surface area contributed by atoms with E-state index < -0.39 is 11.4 Å². The Morgan fingerprint density at radius 3 is 2.80 bits per heavy atom. The van der Waals surface area contributed by atoms with Gasteiger partial charge in [0.2, 0.25) is 5.91 Å². The minimum atomic E-state index is -0.849. The van der Waals surface area contributed by atoms with Crippen molar-refractivity contribution in [2.45, 2.75) is 45.6 Å². The SMILES string of the molecule is CC(C)(CC(=O)O)CC(=O)N1CCC[C@H]1c1ccsc1. The summed E-state index contributed by atoms with van der Waals surface area (Å²) in [6.45, 7) is 4.46. The van der Waals surface area contributed by atoms with E-state index in [0.717, 1.165) is 19.4 Å². The highest BCUT2D eigenvalue weighted by Gasteiger charge is 2.34. The first-order valence-corrected chi connectivity index (χ1v) is 7.87. The number of likely N-dealkylation sites (tertiary alicyclic amines) is 1. The van der Waals surface area contributed by atoms with E-state index in [9.17, 15) is 9.59 Å². The first-order valence-electron chi connectivity index (χ1n) is 6.92. The molecule has 1 aromatic rings. The lowest BCUT2D eigenvalue weighted by Gasteiger charge is -2.29. The molecule has 1 aliphatic heterocycles. The third-order valence-corrected chi connectivity index (χ3v) is 4.46. The Hall–Kier alpha value is -1.36. The molecule has 0 aliphatic carbocycles. The summed E-state index contributed by atoms with van der Waals surface area (Å²) in [7, 11) is 0. The molecule has 1 amide bonds. The number of amides is 1. The minimum absolute atomic E-state index is 0.0235. The van der Waals surface area contributed by atoms with Crippen molar-refractivity contribution in [3.63, 3.8) is 0 Å². The van der Waals surface area contributed by atoms with E-state index in [1.54, 1.807) is 11.3 Å². The van der Waals surface area contributed by atoms with Gasteiger partial charge in [0.05, 0.1) is 12.5 Å². The maximum absolute atomic E-state index is 12.5. The summed E-state index contributed by atoms with van der Waals surface area (Å²) in [5.41, 5.74) is 0.710. The van der Waals surface area contributed by atoms with Gasteiger partial charge in [-0.2, -0.15) is 11.3 Å². The van der Waals surface area contributed by atoms with Crippen molar-refractivity contribution in [3.05, 3.63) is 22.4 Å². The highest BCUT2D eigenvalue weighted by atomic mass is 32.1. The van der Waals surface area contributed by atoms with Gasteiger partial charge in [0.15, 0.2) is 0 Å². The molecule has 1 N–H and O–H groups in total. The Bertz CT molecular complexity index is 481. The van der Waals surface area contributed by atoms with Crippen LogP contribution in [0.15, 0.2) is 16.8 Å². The van der Waals surface area contributed by atoms with E-state index in [4.69, 9.17) is 5.11 Å². The number of rotatable bonds is 5. The number of aliphatic carboxylic acids is 1. The van der Waals surface area contributed by atoms with Crippen LogP contribution in [-0.2, 0) is 9.59 Å². The van der Waals surface area contributed by atoms with Crippen molar-refractivity contribution in [3.8, 4) is 0 Å². The van der Waals surface area contributed by atoms with Gasteiger partial charge in [-0.3, -0.25) is 9.59 Å². The summed E-state index contributed by atoms with van der Waals surface area (Å²) in [4.78, 5) is 25.3. The molecule has 1 aromatic heterocycles. The summed E-state index contributed by atoms with van der Waals surface area (Å²) >= 11 is 1.65. The second-order valence-corrected chi connectivity index (χ2v) is 6.99. The third-order valence-electron chi connectivity index (χ3n) is 3.76. The zero-order valence-electron chi connectivity index (χ0n) is 12.0. The Morgan fingerprint density at radius 2 is 2.20 bits per heavy atom. The zero-order chi connectivity index (χ0) is 14.8. The smallest absolute Gasteiger partial charge is 0.303 e. The number of carboxylic acid groups (broad SMARTS) is 1. The second-order valence-electron chi connectivity index (χ2n) is 6.21. The molecule has 110 valence electrons. The molecule has 1 saturated heterocycles. The maximum atomic E-state index is 12.5. The summed E-state index contributed by atoms with van der Waals surface area (Å²) in [6, 6.07) is 2.25. The fourth-order valence-electron chi connectivity index (χ4n) is 2.86. The van der Waals surface area contributed by atoms with Crippen molar-refractivity contribution >= 4 is 23.2 Å². The molecule has 1 aliphatic rings. The quantitative estimate of drug-likeness (QED) is 0.906. The van der Waals surface area contributed by atoms with E-state index in [-0.39, 0.29) is 18.4 Å². The summed E-state index contributed by atoms with van der Waals surface area (Å²) in [5, 5.41) is 13.0. The van der Waals surface area contributed by atoms with Crippen molar-refractivity contribution in [1.29, 1.82) is 0 Å². The molecule has 20 heavy (non-hydrogen) atoms. The molecule has 5 heteroatoms. The fourth-order valence-corrected chi connectivity index (χ4v) is 3.57. The van der Waals surface area contributed by atoms with Crippen molar-refractivity contribution < 1.29 is 14.7 Å². The molecular formula is C15H21NO3S. The first-order chi connectivity index (χ1) is 9.39. The molecule has 1 fully saturated rings. The van der Waals surface area contributed by atoms with Crippen LogP contribution < -0.4 is 0 Å². The number of carboxylic acids is 1. The minimum Gasteiger partial charge on any atom is -0.481 e. The molecule has 0 unspecified atom stereocenters. The van der Waals surface area contributed by atoms with Crippen LogP contribution in [0.2, 0.25) is 0 Å². The highest BCUT2D eigenvalue weighted by molar-refractivity contribution is 7.07. The molecule has 2 rings (SSSR count). The second kappa shape index (κ2) is 5.95. The number of nitrogens with zero attached hydrogens (tertiary/aromatic N) is 1. The average Bonchev–Trinajstić information content (AvgIpc) is 2.97. The maximum Gasteiger partial charge on any atom is 0.303 e. The van der Waals surface area contributed by atoms with Gasteiger partial charge in [-0.05, 0) is 40.6 Å². The normalized spacial score (nSPS) is 19.3. The number of hydrogen-bond donors (Lipinski definition) is 1. The van der Waals surface area contributed by atoms with Crippen LogP contribution >= 0.6 is 11.3 Å². The molecular weight excluding hydrogens is 274 g/mol. The van der Waals surface area contributed by atoms with Gasteiger partial charge in [0.1, 0.15) is 0 Å². The molecule has 0 radical (unpaired) electrons. The molecule has 0 aromatic carbocycles. The van der Waals surface area contributed by atoms with Gasteiger partial charge < -0.3 is 10.0 Å². The van der Waals surface area contributed by atoms with Gasteiger partial charge in [-0.25, -0.2) is 0 Å². The zero-order valence-corrected chi connectivity index (χ0v) is 12.8. The lowest BCUT2D eigenvalue weighted by Crippen LogP contribution is -2.34. The highest BCUT2D eigenvalue weighted by Crippen LogP contribution is 2.35. The first kappa shape index (κ1) is 15.0. The van der Waals surface area contributed by atoms with Gasteiger partial charge in [-0.15, -0.1) is 0 Å². The number of hydrogen-bond acceptors (Lipinski definition) is 3. The lowest BCUT2D eigenvalue weighted by atomic mass is 9.85. The van der Waals surface area contributed by atoms with Crippen LogP contribution in [0.5, 0.6) is 0 Å². The standard InChI is InChI=1S/C15H21NO3S/c1-15(2,9-14(18)19)8-13(17)16-6-3-4-12(16)11-5-7-20-10-11/h5,7,10,12H,3-4,6,8-9H2,1-2H3,(H,18,19)/t12-/m0/s1. The number of carbonyl (C=O) groups excluding carboxylic acids is 1. The monoisotopic (exact) mass is 295 g/mol. The van der Waals surface area contributed by atoms with Gasteiger partial charge in [-0.1, -0.05) is 13.8 Å². The molecule has 0 bridgehead atoms. The van der Waals surface area contributed by atoms with E-state index in [2.05, 4.69) is 11.4 Å². The largest absolute Gasteiger partial charge is 0.481 e. The topological polar surface area (TPSA) is 57.6 Å². The van der Waals surface area contributed by atoms with E-state index >= 15 is 0 Å². The van der Waals surface area contributed by atoms with Crippen LogP contribution in [-0.4, -0.2) is 28.4 Å². The Labute approximate surface area is 123 Å². The Balaban J connectivity index is 2.03. The van der Waals surface area contributed by atoms with Gasteiger partial charge >= 0.3 is 5.97 Å². The third kappa shape index (κ3) is 3.60. The lowest BCUT2D eigenvalue weighted by molar-refractivity contribution is -0.141. The predicted molar refractivity (Wildman–Crippen MR) is 78.7 cm³/mol. The molecule has 1 atom stereocenters. The molecule has 0 saturated carbocycles. The summed E-state index contributed by atoms with van der Waals surface area (Å²) in [5.74, 6) is -0.774. The van der Waals surface area contributed by atoms with Crippen LogP contribution in [0.25, 0.3) is 0 Å². The van der Waals surface area contributed by atoms with Crippen LogP contribution in [0.3, 0.4) is 0 Å². The van der Waals surface area contributed by atoms with Crippen LogP contribution in [0.4, 0.5) is 0 Å². The van der Waals surface area contributed by atoms with Crippen molar-refractivity contribution in [2.75, 3.05) is 6.54 Å². The van der Waals surface area contributed by atoms with E-state index in [0.29, 0.717) is 6.42 Å². The Morgan fingerprint density at radius 1 is 1.45 bits per heavy atom. The van der Waals surface area contributed by atoms with Crippen LogP contribution in [0, 0.1) is 5.41 Å². The van der Waals surface area contributed by atoms with Gasteiger partial charge in [0, 0.05) is 13.0 Å². The molecule has 4 nitrogen and oxygen atoms in total. The fraction of sp³-hybridized carbons (Fsp3) is 0.600. The average molecular weight is 295 g/mol. The van der Waals surface area contributed by atoms with Gasteiger partial charge in [0.25, 0.3) is 0 Å². The summed E-state index contributed by atoms with van der Waals surface area (Å²) in [6.07, 6.45) is 2.34. The number of carbonyl (C=O) groups is 2. The van der Waals surface area contributed by atoms with Crippen molar-refractivity contribution in [2.24, 2.45) is 5.41 Å². The summed E-state index contributed by atoms with van der Waals surface area (Å²) < 4.78 is 0. The van der Waals surface area contributed by atoms with Crippen LogP contribution in [0.1, 0.15) is 51.1 Å². The van der Waals surface area contributed by atoms with E-state index in [1.165, 1.54) is 5.56 Å². The number of thiophene rings is 1. The predicted octanol–water partition coefficient (Wildman–Crippen LogP) is 3.30. The van der Waals surface area contributed by atoms with Crippen molar-refractivity contribution in [1.82, 2.24) is 4.90 Å². The molecule has 2 heterocycles. The molecule has 0 spiro atoms. The van der Waals surface area contributed by atoms with E-state index in [1.807, 2.05) is 24.1 Å². The Kier molecular flexibility index (Phi) is 4.48.